The lowest BCUT2D eigenvalue weighted by molar-refractivity contribution is -0.136. The van der Waals surface area contributed by atoms with Crippen LogP contribution in [0, 0.1) is 18.3 Å². The van der Waals surface area contributed by atoms with Crippen LogP contribution >= 0.6 is 0 Å². The lowest BCUT2D eigenvalue weighted by Crippen LogP contribution is -2.20. The van der Waals surface area contributed by atoms with Crippen LogP contribution in [0.3, 0.4) is 0 Å². The minimum absolute atomic E-state index is 0.0368. The van der Waals surface area contributed by atoms with Crippen LogP contribution in [0.5, 0.6) is 0 Å². The molecule has 0 radical (unpaired) electrons. The van der Waals surface area contributed by atoms with Crippen LogP contribution in [0.1, 0.15) is 24.1 Å². The van der Waals surface area contributed by atoms with Crippen molar-refractivity contribution in [2.45, 2.75) is 32.7 Å². The van der Waals surface area contributed by atoms with Gasteiger partial charge in [-0.15, -0.1) is 0 Å². The van der Waals surface area contributed by atoms with Crippen LogP contribution < -0.4 is 10.6 Å². The largest absolute Gasteiger partial charge is 0.481 e. The molecule has 130 valence electrons. The van der Waals surface area contributed by atoms with Crippen molar-refractivity contribution >= 4 is 23.5 Å². The molecule has 8 nitrogen and oxygen atoms in total. The lowest BCUT2D eigenvalue weighted by Gasteiger charge is -2.07. The van der Waals surface area contributed by atoms with Gasteiger partial charge in [-0.3, -0.25) is 14.8 Å². The number of hydrogen-bond donors (Lipinski definition) is 3. The van der Waals surface area contributed by atoms with E-state index in [1.165, 1.54) is 0 Å². The van der Waals surface area contributed by atoms with Gasteiger partial charge in [-0.1, -0.05) is 12.1 Å². The molecule has 0 fully saturated rings. The molecule has 3 N–H and O–H groups in total. The third kappa shape index (κ3) is 5.66. The van der Waals surface area contributed by atoms with E-state index in [2.05, 4.69) is 21.8 Å². The minimum atomic E-state index is -0.863. The second-order valence-corrected chi connectivity index (χ2v) is 5.48. The van der Waals surface area contributed by atoms with E-state index in [0.29, 0.717) is 30.9 Å². The lowest BCUT2D eigenvalue weighted by atomic mass is 10.1. The molecule has 1 aromatic carbocycles. The molecule has 2 rings (SSSR count). The number of amides is 2. The van der Waals surface area contributed by atoms with Crippen LogP contribution in [0.2, 0.25) is 0 Å². The second kappa shape index (κ2) is 8.49. The number of nitrogens with zero attached hydrogens (tertiary/aromatic N) is 3. The van der Waals surface area contributed by atoms with Crippen molar-refractivity contribution in [3.63, 3.8) is 0 Å². The summed E-state index contributed by atoms with van der Waals surface area (Å²) >= 11 is 0. The van der Waals surface area contributed by atoms with E-state index < -0.39 is 12.0 Å². The fraction of sp³-hybridized carbons (Fsp3) is 0.294. The first kappa shape index (κ1) is 18.0. The number of aryl methyl sites for hydroxylation is 3. The van der Waals surface area contributed by atoms with Gasteiger partial charge in [0.1, 0.15) is 0 Å². The Morgan fingerprint density at radius 2 is 2.12 bits per heavy atom. The molecule has 8 heteroatoms. The highest BCUT2D eigenvalue weighted by Crippen LogP contribution is 2.14. The molecule has 0 saturated carbocycles. The highest BCUT2D eigenvalue weighted by atomic mass is 16.4. The maximum atomic E-state index is 12.1. The van der Waals surface area contributed by atoms with Crippen molar-refractivity contribution in [3.05, 3.63) is 41.6 Å². The quantitative estimate of drug-likeness (QED) is 0.715. The summed E-state index contributed by atoms with van der Waals surface area (Å²) in [5.74, 6) is -0.464. The Morgan fingerprint density at radius 1 is 1.32 bits per heavy atom. The van der Waals surface area contributed by atoms with Gasteiger partial charge in [0.2, 0.25) is 0 Å². The molecule has 2 aromatic rings. The average Bonchev–Trinajstić information content (AvgIpc) is 2.90. The van der Waals surface area contributed by atoms with E-state index in [-0.39, 0.29) is 6.42 Å². The maximum Gasteiger partial charge on any atom is 0.324 e. The zero-order valence-electron chi connectivity index (χ0n) is 13.8. The van der Waals surface area contributed by atoms with E-state index in [1.807, 2.05) is 13.0 Å². The van der Waals surface area contributed by atoms with Crippen molar-refractivity contribution in [3.8, 4) is 6.07 Å². The maximum absolute atomic E-state index is 12.1. The number of carbonyl (C=O) groups excluding carboxylic acids is 1. The summed E-state index contributed by atoms with van der Waals surface area (Å²) < 4.78 is 1.66. The molecule has 1 aromatic heterocycles. The van der Waals surface area contributed by atoms with Crippen molar-refractivity contribution in [2.75, 3.05) is 10.6 Å². The number of rotatable bonds is 7. The molecule has 0 aliphatic heterocycles. The van der Waals surface area contributed by atoms with Crippen molar-refractivity contribution in [2.24, 2.45) is 0 Å². The summed E-state index contributed by atoms with van der Waals surface area (Å²) in [5.41, 5.74) is 2.25. The number of hydrogen-bond acceptors (Lipinski definition) is 4. The molecule has 0 saturated heterocycles. The molecule has 25 heavy (non-hydrogen) atoms. The zero-order chi connectivity index (χ0) is 18.2. The number of nitrogens with one attached hydrogen (secondary N) is 2. The zero-order valence-corrected chi connectivity index (χ0v) is 13.8. The third-order valence-electron chi connectivity index (χ3n) is 3.47. The van der Waals surface area contributed by atoms with Gasteiger partial charge in [0, 0.05) is 23.9 Å². The normalized spacial score (nSPS) is 10.1. The van der Waals surface area contributed by atoms with Crippen LogP contribution in [0.15, 0.2) is 30.3 Å². The number of carboxylic acids is 1. The second-order valence-electron chi connectivity index (χ2n) is 5.48. The van der Waals surface area contributed by atoms with E-state index in [0.717, 1.165) is 11.3 Å². The van der Waals surface area contributed by atoms with Crippen LogP contribution in [0.25, 0.3) is 0 Å². The number of aromatic nitrogens is 2. The molecule has 0 bridgehead atoms. The Labute approximate surface area is 145 Å². The van der Waals surface area contributed by atoms with Crippen molar-refractivity contribution in [1.82, 2.24) is 9.78 Å². The first-order chi connectivity index (χ1) is 12.0. The standard InChI is InChI=1S/C17H19N5O3/c1-12-10-15(21-22(12)9-3-8-18)20-17(25)19-14-5-2-4-13(11-14)6-7-16(23)24/h2,4-5,10-11H,3,6-7,9H2,1H3,(H,23,24)(H2,19,20,21,25). The minimum Gasteiger partial charge on any atom is -0.481 e. The summed E-state index contributed by atoms with van der Waals surface area (Å²) in [4.78, 5) is 22.7. The van der Waals surface area contributed by atoms with Crippen LogP contribution in [0.4, 0.5) is 16.3 Å². The van der Waals surface area contributed by atoms with Gasteiger partial charge in [-0.05, 0) is 31.0 Å². The molecule has 2 amide bonds. The summed E-state index contributed by atoms with van der Waals surface area (Å²) in [7, 11) is 0. The number of benzene rings is 1. The van der Waals surface area contributed by atoms with Crippen molar-refractivity contribution < 1.29 is 14.7 Å². The number of urea groups is 1. The number of carboxylic acid groups (broad SMARTS) is 1. The van der Waals surface area contributed by atoms with E-state index >= 15 is 0 Å². The van der Waals surface area contributed by atoms with Gasteiger partial charge in [0.25, 0.3) is 0 Å². The van der Waals surface area contributed by atoms with Gasteiger partial charge in [0.15, 0.2) is 5.82 Å². The summed E-state index contributed by atoms with van der Waals surface area (Å²) in [5, 5.41) is 26.9. The Hall–Kier alpha value is -3.34. The van der Waals surface area contributed by atoms with Crippen LogP contribution in [-0.4, -0.2) is 26.9 Å². The molecule has 0 spiro atoms. The molecule has 0 atom stereocenters. The predicted octanol–water partition coefficient (Wildman–Crippen LogP) is 2.77. The number of carbonyl (C=O) groups is 2. The Kier molecular flexibility index (Phi) is 6.12. The summed E-state index contributed by atoms with van der Waals surface area (Å²) in [6.45, 7) is 2.32. The Balaban J connectivity index is 1.95. The molecule has 0 unspecified atom stereocenters. The highest BCUT2D eigenvalue weighted by molar-refractivity contribution is 5.99. The fourth-order valence-corrected chi connectivity index (χ4v) is 2.29. The smallest absolute Gasteiger partial charge is 0.324 e. The van der Waals surface area contributed by atoms with Gasteiger partial charge < -0.3 is 10.4 Å². The topological polar surface area (TPSA) is 120 Å². The van der Waals surface area contributed by atoms with Crippen LogP contribution in [-0.2, 0) is 17.8 Å². The van der Waals surface area contributed by atoms with Gasteiger partial charge in [-0.25, -0.2) is 4.79 Å². The number of aliphatic carboxylic acids is 1. The first-order valence-electron chi connectivity index (χ1n) is 7.78. The van der Waals surface area contributed by atoms with E-state index in [4.69, 9.17) is 10.4 Å². The SMILES string of the molecule is Cc1cc(NC(=O)Nc2cccc(CCC(=O)O)c2)nn1CCC#N. The van der Waals surface area contributed by atoms with Gasteiger partial charge >= 0.3 is 12.0 Å². The fourth-order valence-electron chi connectivity index (χ4n) is 2.29. The molecule has 0 aliphatic rings. The number of nitriles is 1. The Morgan fingerprint density at radius 3 is 2.84 bits per heavy atom. The molecular weight excluding hydrogens is 322 g/mol. The highest BCUT2D eigenvalue weighted by Gasteiger charge is 2.09. The predicted molar refractivity (Wildman–Crippen MR) is 92.2 cm³/mol. The van der Waals surface area contributed by atoms with Gasteiger partial charge in [-0.2, -0.15) is 10.4 Å². The van der Waals surface area contributed by atoms with E-state index in [9.17, 15) is 9.59 Å². The first-order valence-corrected chi connectivity index (χ1v) is 7.78. The van der Waals surface area contributed by atoms with Gasteiger partial charge in [0.05, 0.1) is 19.0 Å². The molecule has 0 aliphatic carbocycles. The summed E-state index contributed by atoms with van der Waals surface area (Å²) in [6, 6.07) is 10.4. The molecular formula is C17H19N5O3. The molecule has 1 heterocycles. The summed E-state index contributed by atoms with van der Waals surface area (Å²) in [6.07, 6.45) is 0.779. The third-order valence-corrected chi connectivity index (χ3v) is 3.47. The monoisotopic (exact) mass is 341 g/mol. The number of anilines is 2. The van der Waals surface area contributed by atoms with E-state index in [1.54, 1.807) is 28.9 Å². The Bertz CT molecular complexity index is 807. The average molecular weight is 341 g/mol. The van der Waals surface area contributed by atoms with Crippen molar-refractivity contribution in [1.29, 1.82) is 5.26 Å².